The van der Waals surface area contributed by atoms with Gasteiger partial charge in [-0.3, -0.25) is 4.79 Å². The number of nitrogens with zero attached hydrogens (tertiary/aromatic N) is 2. The van der Waals surface area contributed by atoms with Gasteiger partial charge in [-0.05, 0) is 37.3 Å². The number of rotatable bonds is 2. The molecule has 100 valence electrons. The number of benzene rings is 1. The first kappa shape index (κ1) is 12.3. The van der Waals surface area contributed by atoms with Crippen LogP contribution in [0.25, 0.3) is 5.65 Å². The molecule has 3 rings (SSSR count). The van der Waals surface area contributed by atoms with Crippen molar-refractivity contribution in [2.75, 3.05) is 5.32 Å². The number of fused-ring (bicyclic) bond motifs is 1. The number of pyridine rings is 1. The first-order valence-electron chi connectivity index (χ1n) is 6.14. The summed E-state index contributed by atoms with van der Waals surface area (Å²) in [6, 6.07) is 9.16. The van der Waals surface area contributed by atoms with Gasteiger partial charge in [0.15, 0.2) is 0 Å². The molecule has 0 atom stereocenters. The van der Waals surface area contributed by atoms with Crippen LogP contribution in [0.2, 0.25) is 0 Å². The first-order chi connectivity index (χ1) is 9.61. The third-order valence-electron chi connectivity index (χ3n) is 2.92. The number of imidazole rings is 1. The molecule has 0 spiro atoms. The molecule has 0 unspecified atom stereocenters. The Kier molecular flexibility index (Phi) is 2.95. The fraction of sp³-hybridized carbons (Fsp3) is 0.0667. The number of anilines is 1. The van der Waals surface area contributed by atoms with E-state index >= 15 is 0 Å². The number of hydrogen-bond acceptors (Lipinski definition) is 2. The van der Waals surface area contributed by atoms with E-state index in [0.717, 1.165) is 11.3 Å². The van der Waals surface area contributed by atoms with Crippen molar-refractivity contribution in [2.45, 2.75) is 6.92 Å². The third-order valence-corrected chi connectivity index (χ3v) is 2.92. The normalized spacial score (nSPS) is 10.7. The molecular formula is C15H12FN3O. The summed E-state index contributed by atoms with van der Waals surface area (Å²) in [6.07, 6.45) is 3.64. The maximum atomic E-state index is 13.1. The molecule has 0 aliphatic rings. The van der Waals surface area contributed by atoms with Gasteiger partial charge in [0.25, 0.3) is 5.91 Å². The zero-order valence-corrected chi connectivity index (χ0v) is 10.8. The van der Waals surface area contributed by atoms with Crippen molar-refractivity contribution in [3.8, 4) is 0 Å². The quantitative estimate of drug-likeness (QED) is 0.777. The lowest BCUT2D eigenvalue weighted by molar-refractivity contribution is 0.102. The molecule has 4 nitrogen and oxygen atoms in total. The van der Waals surface area contributed by atoms with Gasteiger partial charge in [-0.1, -0.05) is 6.07 Å². The minimum Gasteiger partial charge on any atom is -0.321 e. The van der Waals surface area contributed by atoms with Gasteiger partial charge in [0.1, 0.15) is 11.5 Å². The van der Waals surface area contributed by atoms with Crippen molar-refractivity contribution in [2.24, 2.45) is 0 Å². The van der Waals surface area contributed by atoms with E-state index in [1.165, 1.54) is 18.2 Å². The lowest BCUT2D eigenvalue weighted by atomic mass is 10.2. The van der Waals surface area contributed by atoms with Crippen molar-refractivity contribution >= 4 is 17.2 Å². The molecule has 0 fully saturated rings. The van der Waals surface area contributed by atoms with Gasteiger partial charge in [-0.25, -0.2) is 9.37 Å². The molecule has 2 heterocycles. The number of halogens is 1. The zero-order chi connectivity index (χ0) is 14.1. The minimum absolute atomic E-state index is 0.284. The van der Waals surface area contributed by atoms with Gasteiger partial charge < -0.3 is 9.72 Å². The largest absolute Gasteiger partial charge is 0.321 e. The number of aryl methyl sites for hydroxylation is 1. The second-order valence-electron chi connectivity index (χ2n) is 4.53. The summed E-state index contributed by atoms with van der Waals surface area (Å²) < 4.78 is 14.9. The van der Waals surface area contributed by atoms with Gasteiger partial charge in [0.05, 0.1) is 11.4 Å². The van der Waals surface area contributed by atoms with Crippen molar-refractivity contribution in [1.82, 2.24) is 9.38 Å². The van der Waals surface area contributed by atoms with Crippen molar-refractivity contribution in [1.29, 1.82) is 0 Å². The highest BCUT2D eigenvalue weighted by Crippen LogP contribution is 2.13. The molecule has 0 saturated carbocycles. The van der Waals surface area contributed by atoms with E-state index in [4.69, 9.17) is 0 Å². The van der Waals surface area contributed by atoms with Crippen LogP contribution < -0.4 is 5.32 Å². The summed E-state index contributed by atoms with van der Waals surface area (Å²) >= 11 is 0. The third kappa shape index (κ3) is 2.38. The van der Waals surface area contributed by atoms with Gasteiger partial charge >= 0.3 is 0 Å². The SMILES string of the molecule is Cc1cn2cc(NC(=O)c3cccc(F)c3)ccc2n1. The van der Waals surface area contributed by atoms with Crippen molar-refractivity contribution < 1.29 is 9.18 Å². The van der Waals surface area contributed by atoms with Gasteiger partial charge in [-0.2, -0.15) is 0 Å². The van der Waals surface area contributed by atoms with Gasteiger partial charge in [-0.15, -0.1) is 0 Å². The van der Waals surface area contributed by atoms with E-state index in [-0.39, 0.29) is 11.5 Å². The van der Waals surface area contributed by atoms with E-state index in [9.17, 15) is 9.18 Å². The molecule has 1 amide bonds. The molecule has 20 heavy (non-hydrogen) atoms. The van der Waals surface area contributed by atoms with Crippen LogP contribution in [0.15, 0.2) is 48.8 Å². The minimum atomic E-state index is -0.432. The fourth-order valence-electron chi connectivity index (χ4n) is 2.03. The molecular weight excluding hydrogens is 257 g/mol. The maximum absolute atomic E-state index is 13.1. The summed E-state index contributed by atoms with van der Waals surface area (Å²) in [7, 11) is 0. The van der Waals surface area contributed by atoms with Crippen LogP contribution in [0.3, 0.4) is 0 Å². The second kappa shape index (κ2) is 4.77. The standard InChI is InChI=1S/C15H12FN3O/c1-10-8-19-9-13(5-6-14(19)17-10)18-15(20)11-3-2-4-12(16)7-11/h2-9H,1H3,(H,18,20). The van der Waals surface area contributed by atoms with E-state index in [2.05, 4.69) is 10.3 Å². The molecule has 0 saturated heterocycles. The van der Waals surface area contributed by atoms with Crippen molar-refractivity contribution in [3.05, 3.63) is 65.9 Å². The fourth-order valence-corrected chi connectivity index (χ4v) is 2.03. The van der Waals surface area contributed by atoms with Crippen LogP contribution in [-0.2, 0) is 0 Å². The van der Waals surface area contributed by atoms with Crippen LogP contribution in [0.1, 0.15) is 16.1 Å². The Morgan fingerprint density at radius 3 is 2.90 bits per heavy atom. The lowest BCUT2D eigenvalue weighted by Gasteiger charge is -2.05. The monoisotopic (exact) mass is 269 g/mol. The molecule has 0 bridgehead atoms. The number of nitrogens with one attached hydrogen (secondary N) is 1. The van der Waals surface area contributed by atoms with Crippen LogP contribution in [-0.4, -0.2) is 15.3 Å². The Labute approximate surface area is 114 Å². The molecule has 1 N–H and O–H groups in total. The molecule has 1 aromatic carbocycles. The Morgan fingerprint density at radius 2 is 2.10 bits per heavy atom. The Balaban J connectivity index is 1.87. The topological polar surface area (TPSA) is 46.4 Å². The number of amides is 1. The average Bonchev–Trinajstić information content (AvgIpc) is 2.78. The predicted molar refractivity (Wildman–Crippen MR) is 74.3 cm³/mol. The van der Waals surface area contributed by atoms with Crippen LogP contribution in [0, 0.1) is 12.7 Å². The van der Waals surface area contributed by atoms with E-state index in [1.807, 2.05) is 23.6 Å². The maximum Gasteiger partial charge on any atom is 0.255 e. The van der Waals surface area contributed by atoms with Crippen LogP contribution in [0.4, 0.5) is 10.1 Å². The number of hydrogen-bond donors (Lipinski definition) is 1. The lowest BCUT2D eigenvalue weighted by Crippen LogP contribution is -2.12. The Hall–Kier alpha value is -2.69. The summed E-state index contributed by atoms with van der Waals surface area (Å²) in [5, 5.41) is 2.73. The van der Waals surface area contributed by atoms with Crippen LogP contribution in [0.5, 0.6) is 0 Å². The zero-order valence-electron chi connectivity index (χ0n) is 10.8. The molecule has 0 radical (unpaired) electrons. The number of carbonyl (C=O) groups is 1. The summed E-state index contributed by atoms with van der Waals surface area (Å²) in [5.41, 5.74) is 2.63. The predicted octanol–water partition coefficient (Wildman–Crippen LogP) is 3.03. The van der Waals surface area contributed by atoms with E-state index < -0.39 is 5.82 Å². The molecule has 2 aromatic heterocycles. The van der Waals surface area contributed by atoms with Gasteiger partial charge in [0, 0.05) is 18.0 Å². The highest BCUT2D eigenvalue weighted by molar-refractivity contribution is 6.04. The average molecular weight is 269 g/mol. The molecule has 0 aliphatic heterocycles. The smallest absolute Gasteiger partial charge is 0.255 e. The Morgan fingerprint density at radius 1 is 1.25 bits per heavy atom. The molecule has 3 aromatic rings. The van der Waals surface area contributed by atoms with Crippen LogP contribution >= 0.6 is 0 Å². The molecule has 5 heteroatoms. The first-order valence-corrected chi connectivity index (χ1v) is 6.14. The highest BCUT2D eigenvalue weighted by Gasteiger charge is 2.07. The summed E-state index contributed by atoms with van der Waals surface area (Å²) in [5.74, 6) is -0.779. The number of carbonyl (C=O) groups excluding carboxylic acids is 1. The number of aromatic nitrogens is 2. The summed E-state index contributed by atoms with van der Waals surface area (Å²) in [6.45, 7) is 1.90. The van der Waals surface area contributed by atoms with Crippen molar-refractivity contribution in [3.63, 3.8) is 0 Å². The highest BCUT2D eigenvalue weighted by atomic mass is 19.1. The molecule has 0 aliphatic carbocycles. The second-order valence-corrected chi connectivity index (χ2v) is 4.53. The Bertz CT molecular complexity index is 795. The van der Waals surface area contributed by atoms with E-state index in [1.54, 1.807) is 18.3 Å². The van der Waals surface area contributed by atoms with Gasteiger partial charge in [0.2, 0.25) is 0 Å². The van der Waals surface area contributed by atoms with E-state index in [0.29, 0.717) is 5.69 Å². The summed E-state index contributed by atoms with van der Waals surface area (Å²) in [4.78, 5) is 16.3.